The number of nitrogens with one attached hydrogen (secondary N) is 2. The highest BCUT2D eigenvalue weighted by atomic mass is 35.5. The normalized spacial score (nSPS) is 11.4. The van der Waals surface area contributed by atoms with Crippen molar-refractivity contribution >= 4 is 50.5 Å². The van der Waals surface area contributed by atoms with Gasteiger partial charge < -0.3 is 9.30 Å². The second-order valence-corrected chi connectivity index (χ2v) is 9.79. The third-order valence-electron chi connectivity index (χ3n) is 4.93. The molecular weight excluding hydrogens is 482 g/mol. The van der Waals surface area contributed by atoms with Crippen molar-refractivity contribution in [2.45, 2.75) is 40.2 Å². The molecule has 12 heteroatoms. The van der Waals surface area contributed by atoms with Crippen molar-refractivity contribution in [3.05, 3.63) is 52.4 Å². The maximum absolute atomic E-state index is 12.5. The molecule has 10 nitrogen and oxygen atoms in total. The highest BCUT2D eigenvalue weighted by Crippen LogP contribution is 2.24. The number of carbonyl (C=O) groups is 2. The van der Waals surface area contributed by atoms with Gasteiger partial charge in [0.1, 0.15) is 17.0 Å². The second kappa shape index (κ2) is 10.8. The van der Waals surface area contributed by atoms with E-state index in [1.807, 2.05) is 6.92 Å². The van der Waals surface area contributed by atoms with Gasteiger partial charge >= 0.3 is 6.09 Å². The molecule has 2 amide bonds. The maximum Gasteiger partial charge on any atom is 0.411 e. The Balaban J connectivity index is 1.85. The Morgan fingerprint density at radius 3 is 2.59 bits per heavy atom. The number of pyridine rings is 1. The van der Waals surface area contributed by atoms with Gasteiger partial charge in [0.2, 0.25) is 10.0 Å². The minimum Gasteiger partial charge on any atom is -0.450 e. The average Bonchev–Trinajstić information content (AvgIpc) is 3.08. The first-order chi connectivity index (χ1) is 16.1. The molecule has 0 atom stereocenters. The largest absolute Gasteiger partial charge is 0.450 e. The molecular formula is C22H26ClN5O5S. The van der Waals surface area contributed by atoms with Crippen LogP contribution in [-0.2, 0) is 21.3 Å². The van der Waals surface area contributed by atoms with E-state index in [-0.39, 0.29) is 18.1 Å². The number of aromatic nitrogens is 3. The summed E-state index contributed by atoms with van der Waals surface area (Å²) in [5.74, 6) is -0.287. The van der Waals surface area contributed by atoms with E-state index in [9.17, 15) is 18.0 Å². The van der Waals surface area contributed by atoms with Gasteiger partial charge in [-0.1, -0.05) is 31.0 Å². The molecule has 0 aliphatic rings. The molecule has 182 valence electrons. The van der Waals surface area contributed by atoms with Crippen molar-refractivity contribution < 1.29 is 22.7 Å². The molecule has 0 aliphatic heterocycles. The zero-order valence-electron chi connectivity index (χ0n) is 19.1. The Hall–Kier alpha value is -3.18. The van der Waals surface area contributed by atoms with Crippen LogP contribution in [0.3, 0.4) is 0 Å². The lowest BCUT2D eigenvalue weighted by Crippen LogP contribution is -2.33. The number of halogens is 1. The van der Waals surface area contributed by atoms with Gasteiger partial charge in [-0.05, 0) is 50.1 Å². The standard InChI is InChI=1S/C22H26ClN5O5S/c1-4-6-11-34(31,32)27-21(29)19-10-9-18-20(26-19)28(14(3)24-18)13-15-7-8-16(12-17(15)23)25-22(30)33-5-2/h7-10,12H,4-6,11,13H2,1-3H3,(H,25,30)(H,27,29). The average molecular weight is 508 g/mol. The fraction of sp³-hybridized carbons (Fsp3) is 0.364. The van der Waals surface area contributed by atoms with Gasteiger partial charge in [0.15, 0.2) is 5.65 Å². The number of amides is 2. The number of fused-ring (bicyclic) bond motifs is 1. The molecule has 3 aromatic rings. The minimum absolute atomic E-state index is 0.0335. The van der Waals surface area contributed by atoms with Gasteiger partial charge in [0.05, 0.1) is 18.9 Å². The number of sulfonamides is 1. The Kier molecular flexibility index (Phi) is 8.11. The fourth-order valence-corrected chi connectivity index (χ4v) is 4.62. The number of anilines is 1. The molecule has 0 radical (unpaired) electrons. The summed E-state index contributed by atoms with van der Waals surface area (Å²) in [4.78, 5) is 33.0. The highest BCUT2D eigenvalue weighted by Gasteiger charge is 2.19. The molecule has 2 aromatic heterocycles. The van der Waals surface area contributed by atoms with Crippen molar-refractivity contribution in [1.82, 2.24) is 19.3 Å². The summed E-state index contributed by atoms with van der Waals surface area (Å²) >= 11 is 6.43. The Labute approximate surface area is 202 Å². The lowest BCUT2D eigenvalue weighted by molar-refractivity contribution is 0.0976. The lowest BCUT2D eigenvalue weighted by atomic mass is 10.2. The first-order valence-corrected chi connectivity index (χ1v) is 12.8. The number of imidazole rings is 1. The van der Waals surface area contributed by atoms with E-state index in [1.54, 1.807) is 42.7 Å². The number of carbonyl (C=O) groups excluding carboxylic acids is 2. The zero-order valence-corrected chi connectivity index (χ0v) is 20.7. The summed E-state index contributed by atoms with van der Waals surface area (Å²) in [5, 5.41) is 3.00. The number of aryl methyl sites for hydroxylation is 1. The van der Waals surface area contributed by atoms with Gasteiger partial charge in [-0.2, -0.15) is 0 Å². The van der Waals surface area contributed by atoms with Crippen molar-refractivity contribution in [3.63, 3.8) is 0 Å². The Bertz CT molecular complexity index is 1320. The number of nitrogens with zero attached hydrogens (tertiary/aromatic N) is 3. The first-order valence-electron chi connectivity index (χ1n) is 10.7. The molecule has 3 rings (SSSR count). The zero-order chi connectivity index (χ0) is 24.9. The Morgan fingerprint density at radius 1 is 1.15 bits per heavy atom. The van der Waals surface area contributed by atoms with Crippen molar-refractivity contribution in [1.29, 1.82) is 0 Å². The van der Waals surface area contributed by atoms with E-state index in [0.29, 0.717) is 47.1 Å². The molecule has 0 fully saturated rings. The van der Waals surface area contributed by atoms with E-state index in [0.717, 1.165) is 5.56 Å². The van der Waals surface area contributed by atoms with Crippen molar-refractivity contribution in [3.8, 4) is 0 Å². The molecule has 0 spiro atoms. The van der Waals surface area contributed by atoms with Crippen LogP contribution in [0, 0.1) is 6.92 Å². The molecule has 2 N–H and O–H groups in total. The van der Waals surface area contributed by atoms with Gasteiger partial charge in [0.25, 0.3) is 5.91 Å². The van der Waals surface area contributed by atoms with E-state index in [4.69, 9.17) is 16.3 Å². The van der Waals surface area contributed by atoms with Crippen molar-refractivity contribution in [2.75, 3.05) is 17.7 Å². The molecule has 0 unspecified atom stereocenters. The smallest absolute Gasteiger partial charge is 0.411 e. The van der Waals surface area contributed by atoms with Crippen LogP contribution in [0.1, 0.15) is 48.6 Å². The minimum atomic E-state index is -3.74. The maximum atomic E-state index is 12.5. The monoisotopic (exact) mass is 507 g/mol. The number of benzene rings is 1. The summed E-state index contributed by atoms with van der Waals surface area (Å²) in [5.41, 5.74) is 2.16. The van der Waals surface area contributed by atoms with Crippen LogP contribution in [0.2, 0.25) is 5.02 Å². The topological polar surface area (TPSA) is 132 Å². The summed E-state index contributed by atoms with van der Waals surface area (Å²) in [7, 11) is -3.74. The molecule has 0 bridgehead atoms. The third kappa shape index (κ3) is 6.23. The quantitative estimate of drug-likeness (QED) is 0.449. The van der Waals surface area contributed by atoms with Gasteiger partial charge in [-0.15, -0.1) is 0 Å². The Morgan fingerprint density at radius 2 is 1.91 bits per heavy atom. The number of rotatable bonds is 9. The number of hydrogen-bond donors (Lipinski definition) is 2. The number of hydrogen-bond acceptors (Lipinski definition) is 7. The van der Waals surface area contributed by atoms with Crippen LogP contribution in [0.25, 0.3) is 11.2 Å². The first kappa shape index (κ1) is 25.4. The molecule has 0 saturated heterocycles. The molecule has 1 aromatic carbocycles. The van der Waals surface area contributed by atoms with E-state index in [1.165, 1.54) is 6.07 Å². The van der Waals surface area contributed by atoms with Crippen LogP contribution in [0.5, 0.6) is 0 Å². The lowest BCUT2D eigenvalue weighted by Gasteiger charge is -2.11. The SMILES string of the molecule is CCCCS(=O)(=O)NC(=O)c1ccc2nc(C)n(Cc3ccc(NC(=O)OCC)cc3Cl)c2n1. The van der Waals surface area contributed by atoms with Crippen molar-refractivity contribution in [2.24, 2.45) is 0 Å². The summed E-state index contributed by atoms with van der Waals surface area (Å²) in [6, 6.07) is 8.11. The van der Waals surface area contributed by atoms with E-state index < -0.39 is 22.0 Å². The van der Waals surface area contributed by atoms with Gasteiger partial charge in [0, 0.05) is 10.7 Å². The van der Waals surface area contributed by atoms with Crippen LogP contribution in [-0.4, -0.2) is 47.3 Å². The predicted octanol–water partition coefficient (Wildman–Crippen LogP) is 3.87. The van der Waals surface area contributed by atoms with Gasteiger partial charge in [-0.3, -0.25) is 10.1 Å². The molecule has 34 heavy (non-hydrogen) atoms. The van der Waals surface area contributed by atoms with E-state index >= 15 is 0 Å². The van der Waals surface area contributed by atoms with Crippen LogP contribution < -0.4 is 10.0 Å². The molecule has 2 heterocycles. The molecule has 0 aliphatic carbocycles. The van der Waals surface area contributed by atoms with Crippen LogP contribution in [0.15, 0.2) is 30.3 Å². The predicted molar refractivity (Wildman–Crippen MR) is 130 cm³/mol. The van der Waals surface area contributed by atoms with Crippen LogP contribution >= 0.6 is 11.6 Å². The number of ether oxygens (including phenoxy) is 1. The summed E-state index contributed by atoms with van der Waals surface area (Å²) in [6.45, 7) is 5.92. The number of unbranched alkanes of at least 4 members (excludes halogenated alkanes) is 1. The van der Waals surface area contributed by atoms with E-state index in [2.05, 4.69) is 20.0 Å². The summed E-state index contributed by atoms with van der Waals surface area (Å²) < 4.78 is 32.9. The fourth-order valence-electron chi connectivity index (χ4n) is 3.22. The third-order valence-corrected chi connectivity index (χ3v) is 6.61. The highest BCUT2D eigenvalue weighted by molar-refractivity contribution is 7.90. The second-order valence-electron chi connectivity index (χ2n) is 7.54. The van der Waals surface area contributed by atoms with Crippen LogP contribution in [0.4, 0.5) is 10.5 Å². The summed E-state index contributed by atoms with van der Waals surface area (Å²) in [6.07, 6.45) is 0.574. The molecule has 0 saturated carbocycles. The van der Waals surface area contributed by atoms with Gasteiger partial charge in [-0.25, -0.2) is 27.9 Å².